The Hall–Kier alpha value is -2.59. The van der Waals surface area contributed by atoms with Crippen LogP contribution in [0.25, 0.3) is 0 Å². The van der Waals surface area contributed by atoms with E-state index in [0.29, 0.717) is 0 Å². The highest BCUT2D eigenvalue weighted by molar-refractivity contribution is 6.74. The van der Waals surface area contributed by atoms with E-state index in [1.807, 2.05) is 0 Å². The van der Waals surface area contributed by atoms with E-state index < -0.39 is 83.8 Å². The van der Waals surface area contributed by atoms with Gasteiger partial charge in [-0.1, -0.05) is 41.5 Å². The van der Waals surface area contributed by atoms with Gasteiger partial charge >= 0.3 is 11.4 Å². The molecular weight excluding hydrogens is 667 g/mol. The van der Waals surface area contributed by atoms with Crippen LogP contribution in [-0.4, -0.2) is 95.9 Å². The molecule has 0 bridgehead atoms. The molecule has 272 valence electrons. The van der Waals surface area contributed by atoms with Gasteiger partial charge in [-0.05, 0) is 48.4 Å². The number of nitrogens with two attached hydrogens (primary N) is 2. The third-order valence-corrected chi connectivity index (χ3v) is 18.6. The zero-order chi connectivity index (χ0) is 36.6. The van der Waals surface area contributed by atoms with Gasteiger partial charge in [0, 0.05) is 12.4 Å². The van der Waals surface area contributed by atoms with Crippen LogP contribution in [0.1, 0.15) is 54.0 Å². The fraction of sp³-hybridized carbons (Fsp3) is 0.733. The van der Waals surface area contributed by atoms with E-state index in [2.05, 4.69) is 77.7 Å². The Morgan fingerprint density at radius 2 is 1.27 bits per heavy atom. The minimum Gasteiger partial charge on any atom is -0.414 e. The first-order valence-electron chi connectivity index (χ1n) is 15.8. The Balaban J connectivity index is 0.000000308. The summed E-state index contributed by atoms with van der Waals surface area (Å²) in [4.78, 5) is 30.9. The van der Waals surface area contributed by atoms with Crippen molar-refractivity contribution in [3.63, 3.8) is 0 Å². The number of rotatable bonds is 8. The summed E-state index contributed by atoms with van der Waals surface area (Å²) in [6, 6.07) is 2.77. The van der Waals surface area contributed by atoms with Crippen LogP contribution >= 0.6 is 0 Å². The Labute approximate surface area is 281 Å². The predicted octanol–water partition coefficient (Wildman–Crippen LogP) is 2.89. The SMILES string of the molecule is CC(C)(C)[Si](C)(C)OC[C@H]1O[C@@H](n2ccc(N)nc2=O)C(F)[C@H]1O[Si](C)(C)C(C)(C)C.Nc1ccn([C@@H]2O[C@H](CO)[C@H](O)C2F)c(=O)n1. The summed E-state index contributed by atoms with van der Waals surface area (Å²) >= 11 is 0. The molecule has 6 N–H and O–H groups in total. The molecule has 0 spiro atoms. The Morgan fingerprint density at radius 3 is 1.67 bits per heavy atom. The van der Waals surface area contributed by atoms with Crippen molar-refractivity contribution in [2.45, 2.75) is 127 Å². The number of nitrogens with zero attached hydrogens (tertiary/aromatic N) is 4. The van der Waals surface area contributed by atoms with E-state index in [-0.39, 0.29) is 28.3 Å². The monoisotopic (exact) mass is 718 g/mol. The van der Waals surface area contributed by atoms with Gasteiger partial charge < -0.3 is 40.0 Å². The zero-order valence-electron chi connectivity index (χ0n) is 29.4. The average molecular weight is 719 g/mol. The van der Waals surface area contributed by atoms with E-state index in [1.165, 1.54) is 24.5 Å². The second kappa shape index (κ2) is 14.7. The van der Waals surface area contributed by atoms with E-state index in [9.17, 15) is 19.1 Å². The molecule has 2 aromatic rings. The van der Waals surface area contributed by atoms with Crippen molar-refractivity contribution in [2.75, 3.05) is 24.7 Å². The number of hydrogen-bond donors (Lipinski definition) is 4. The molecule has 4 heterocycles. The van der Waals surface area contributed by atoms with Crippen LogP contribution in [0.15, 0.2) is 34.1 Å². The molecule has 2 fully saturated rings. The number of hydrogen-bond acceptors (Lipinski definition) is 12. The van der Waals surface area contributed by atoms with Gasteiger partial charge in [-0.15, -0.1) is 0 Å². The second-order valence-corrected chi connectivity index (χ2v) is 24.8. The van der Waals surface area contributed by atoms with Crippen molar-refractivity contribution >= 4 is 28.3 Å². The molecule has 2 unspecified atom stereocenters. The minimum absolute atomic E-state index is 0.00766. The summed E-state index contributed by atoms with van der Waals surface area (Å²) in [7, 11) is -4.39. The molecule has 2 aliphatic heterocycles. The lowest BCUT2D eigenvalue weighted by Gasteiger charge is -2.40. The molecule has 0 amide bonds. The standard InChI is InChI=1S/C21H40FN3O4Si2.C9H12FN3O4/c1-20(2,3)30(7,8)27-13-14-17(29-31(9,10)21(4,5)6)16(22)18(28-14)25-12-11-15(23)24-19(25)26;10-6-7(15)4(3-14)17-8(6)13-2-1-5(11)12-9(13)16/h11-12,14,16-18H,13H2,1-10H3,(H2,23,24,26);1-2,4,6-8,14-15H,3H2,(H2,11,12,16)/t14-,16?,17+,18-;4-,6?,7+,8-/m11/s1. The first-order valence-corrected chi connectivity index (χ1v) is 21.6. The van der Waals surface area contributed by atoms with Crippen LogP contribution in [0.4, 0.5) is 20.4 Å². The molecule has 2 saturated heterocycles. The number of nitrogen functional groups attached to an aromatic ring is 2. The van der Waals surface area contributed by atoms with Crippen molar-refractivity contribution in [2.24, 2.45) is 0 Å². The highest BCUT2D eigenvalue weighted by atomic mass is 28.4. The van der Waals surface area contributed by atoms with Crippen LogP contribution in [0.3, 0.4) is 0 Å². The maximum absolute atomic E-state index is 15.8. The lowest BCUT2D eigenvalue weighted by molar-refractivity contribution is -0.0490. The van der Waals surface area contributed by atoms with Crippen LogP contribution in [0.2, 0.25) is 36.3 Å². The number of halogens is 2. The summed E-state index contributed by atoms with van der Waals surface area (Å²) in [6.07, 6.45) is -7.13. The number of aromatic nitrogens is 4. The van der Waals surface area contributed by atoms with Gasteiger partial charge in [0.1, 0.15) is 36.1 Å². The molecule has 0 radical (unpaired) electrons. The second-order valence-electron chi connectivity index (χ2n) is 15.2. The van der Waals surface area contributed by atoms with E-state index >= 15 is 4.39 Å². The molecule has 0 aliphatic carbocycles. The largest absolute Gasteiger partial charge is 0.414 e. The number of aliphatic hydroxyl groups is 2. The zero-order valence-corrected chi connectivity index (χ0v) is 31.4. The van der Waals surface area contributed by atoms with Crippen LogP contribution in [0, 0.1) is 0 Å². The molecule has 0 aromatic carbocycles. The molecule has 18 heteroatoms. The highest BCUT2D eigenvalue weighted by Gasteiger charge is 2.52. The maximum Gasteiger partial charge on any atom is 0.351 e. The minimum atomic E-state index is -2.31. The highest BCUT2D eigenvalue weighted by Crippen LogP contribution is 2.43. The molecule has 2 aliphatic rings. The smallest absolute Gasteiger partial charge is 0.351 e. The molecule has 48 heavy (non-hydrogen) atoms. The topological polar surface area (TPSA) is 199 Å². The van der Waals surface area contributed by atoms with Crippen LogP contribution in [0.5, 0.6) is 0 Å². The molecule has 4 rings (SSSR count). The first-order chi connectivity index (χ1) is 21.9. The number of alkyl halides is 2. The molecular formula is C30H52F2N6O8Si2. The number of anilines is 2. The summed E-state index contributed by atoms with van der Waals surface area (Å²) in [5, 5.41) is 18.2. The normalized spacial score (nSPS) is 28.3. The van der Waals surface area contributed by atoms with E-state index in [1.54, 1.807) is 0 Å². The van der Waals surface area contributed by atoms with E-state index in [0.717, 1.165) is 9.13 Å². The third-order valence-electron chi connectivity index (χ3n) is 9.64. The van der Waals surface area contributed by atoms with Crippen molar-refractivity contribution in [3.8, 4) is 0 Å². The van der Waals surface area contributed by atoms with Gasteiger partial charge in [-0.25, -0.2) is 18.4 Å². The fourth-order valence-corrected chi connectivity index (χ4v) is 6.86. The quantitative estimate of drug-likeness (QED) is 0.292. The molecule has 8 atom stereocenters. The van der Waals surface area contributed by atoms with Crippen molar-refractivity contribution in [3.05, 3.63) is 45.5 Å². The average Bonchev–Trinajstić information content (AvgIpc) is 3.41. The summed E-state index contributed by atoms with van der Waals surface area (Å²) < 4.78 is 55.4. The predicted molar refractivity (Wildman–Crippen MR) is 182 cm³/mol. The number of aliphatic hydroxyl groups excluding tert-OH is 2. The Morgan fingerprint density at radius 1 is 0.833 bits per heavy atom. The number of ether oxygens (including phenoxy) is 2. The molecule has 2 aromatic heterocycles. The first kappa shape index (κ1) is 39.8. The van der Waals surface area contributed by atoms with Gasteiger partial charge in [-0.3, -0.25) is 9.13 Å². The molecule has 14 nitrogen and oxygen atoms in total. The van der Waals surface area contributed by atoms with Gasteiger partial charge in [0.25, 0.3) is 0 Å². The third kappa shape index (κ3) is 8.76. The summed E-state index contributed by atoms with van der Waals surface area (Å²) in [6.45, 7) is 20.9. The molecule has 0 saturated carbocycles. The van der Waals surface area contributed by atoms with Crippen LogP contribution in [-0.2, 0) is 18.3 Å². The summed E-state index contributed by atoms with van der Waals surface area (Å²) in [5.74, 6) is 0.0976. The van der Waals surface area contributed by atoms with E-state index in [4.69, 9.17) is 34.9 Å². The summed E-state index contributed by atoms with van der Waals surface area (Å²) in [5.41, 5.74) is 9.46. The Kier molecular flexibility index (Phi) is 12.2. The van der Waals surface area contributed by atoms with Gasteiger partial charge in [-0.2, -0.15) is 9.97 Å². The van der Waals surface area contributed by atoms with Crippen molar-refractivity contribution in [1.29, 1.82) is 0 Å². The van der Waals surface area contributed by atoms with Crippen molar-refractivity contribution in [1.82, 2.24) is 19.1 Å². The lowest BCUT2D eigenvalue weighted by atomic mass is 10.1. The van der Waals surface area contributed by atoms with Gasteiger partial charge in [0.05, 0.1) is 13.2 Å². The van der Waals surface area contributed by atoms with Gasteiger partial charge in [0.2, 0.25) is 0 Å². The van der Waals surface area contributed by atoms with Gasteiger partial charge in [0.15, 0.2) is 41.4 Å². The Bertz CT molecular complexity index is 1520. The van der Waals surface area contributed by atoms with Crippen molar-refractivity contribution < 1.29 is 37.3 Å². The fourth-order valence-electron chi connectivity index (χ4n) is 4.53. The maximum atomic E-state index is 15.8. The van der Waals surface area contributed by atoms with Crippen LogP contribution < -0.4 is 22.8 Å². The lowest BCUT2D eigenvalue weighted by Crippen LogP contribution is -2.50.